The second-order valence-corrected chi connectivity index (χ2v) is 4.90. The van der Waals surface area contributed by atoms with Crippen molar-refractivity contribution in [1.29, 1.82) is 0 Å². The zero-order valence-electron chi connectivity index (χ0n) is 12.2. The minimum Gasteiger partial charge on any atom is -0.314 e. The smallest absolute Gasteiger partial charge is 0.176 e. The summed E-state index contributed by atoms with van der Waals surface area (Å²) in [5.41, 5.74) is 0. The molecule has 0 saturated carbocycles. The van der Waals surface area contributed by atoms with Crippen molar-refractivity contribution >= 4 is 0 Å². The summed E-state index contributed by atoms with van der Waals surface area (Å²) in [5, 5.41) is 15.9. The van der Waals surface area contributed by atoms with Crippen LogP contribution in [0.2, 0.25) is 0 Å². The maximum Gasteiger partial charge on any atom is 0.176 e. The van der Waals surface area contributed by atoms with Crippen LogP contribution in [0.5, 0.6) is 0 Å². The zero-order valence-corrected chi connectivity index (χ0v) is 12.2. The minimum absolute atomic E-state index is 0.471. The van der Waals surface area contributed by atoms with Gasteiger partial charge < -0.3 is 5.32 Å². The maximum absolute atomic E-state index is 4.29. The van der Waals surface area contributed by atoms with Gasteiger partial charge in [-0.15, -0.1) is 10.2 Å². The van der Waals surface area contributed by atoms with Gasteiger partial charge in [0.05, 0.1) is 7.05 Å². The molecule has 0 aromatic carbocycles. The van der Waals surface area contributed by atoms with E-state index in [4.69, 9.17) is 0 Å². The first-order valence-corrected chi connectivity index (χ1v) is 7.17. The predicted octanol–water partition coefficient (Wildman–Crippen LogP) is 1.95. The fourth-order valence-electron chi connectivity index (χ4n) is 2.56. The first-order valence-electron chi connectivity index (χ1n) is 7.17. The predicted molar refractivity (Wildman–Crippen MR) is 73.3 cm³/mol. The monoisotopic (exact) mass is 253 g/mol. The van der Waals surface area contributed by atoms with Crippen molar-refractivity contribution in [2.75, 3.05) is 6.54 Å². The van der Waals surface area contributed by atoms with E-state index in [1.165, 1.54) is 30.5 Å². The molecule has 1 unspecified atom stereocenters. The van der Waals surface area contributed by atoms with Gasteiger partial charge in [-0.05, 0) is 30.5 Å². The summed E-state index contributed by atoms with van der Waals surface area (Å²) in [5.74, 6) is 1.56. The highest BCUT2D eigenvalue weighted by Crippen LogP contribution is 2.20. The highest BCUT2D eigenvalue weighted by molar-refractivity contribution is 4.88. The fraction of sp³-hybridized carbons (Fsp3) is 0.923. The van der Waals surface area contributed by atoms with E-state index >= 15 is 0 Å². The highest BCUT2D eigenvalue weighted by Gasteiger charge is 2.21. The van der Waals surface area contributed by atoms with Crippen LogP contribution in [0.3, 0.4) is 0 Å². The van der Waals surface area contributed by atoms with Crippen molar-refractivity contribution in [1.82, 2.24) is 25.5 Å². The van der Waals surface area contributed by atoms with Crippen LogP contribution in [0.25, 0.3) is 0 Å². The number of hydrogen-bond acceptors (Lipinski definition) is 4. The van der Waals surface area contributed by atoms with Crippen molar-refractivity contribution < 1.29 is 0 Å². The summed E-state index contributed by atoms with van der Waals surface area (Å²) in [4.78, 5) is 1.53. The Balaban J connectivity index is 2.66. The van der Waals surface area contributed by atoms with E-state index < -0.39 is 0 Å². The molecule has 1 rings (SSSR count). The number of aryl methyl sites for hydroxylation is 1. The lowest BCUT2D eigenvalue weighted by Crippen LogP contribution is -2.38. The molecule has 5 heteroatoms. The van der Waals surface area contributed by atoms with Crippen LogP contribution in [0.1, 0.15) is 52.3 Å². The SMILES string of the molecule is CCCC(CCC)C(Cc1nnn(C)n1)NCC. The van der Waals surface area contributed by atoms with Gasteiger partial charge in [-0.25, -0.2) is 0 Å². The van der Waals surface area contributed by atoms with Gasteiger partial charge >= 0.3 is 0 Å². The highest BCUT2D eigenvalue weighted by atomic mass is 15.6. The molecule has 1 heterocycles. The molecule has 0 saturated heterocycles. The van der Waals surface area contributed by atoms with Crippen LogP contribution in [0, 0.1) is 5.92 Å². The minimum atomic E-state index is 0.471. The quantitative estimate of drug-likeness (QED) is 0.731. The van der Waals surface area contributed by atoms with E-state index in [0.29, 0.717) is 12.0 Å². The Morgan fingerprint density at radius 3 is 2.28 bits per heavy atom. The molecule has 104 valence electrons. The van der Waals surface area contributed by atoms with Crippen LogP contribution < -0.4 is 5.32 Å². The Hall–Kier alpha value is -0.970. The second kappa shape index (κ2) is 8.19. The second-order valence-electron chi connectivity index (χ2n) is 4.90. The van der Waals surface area contributed by atoms with E-state index in [-0.39, 0.29) is 0 Å². The number of likely N-dealkylation sites (N-methyl/N-ethyl adjacent to an activating group) is 1. The molecule has 18 heavy (non-hydrogen) atoms. The third-order valence-corrected chi connectivity index (χ3v) is 3.31. The van der Waals surface area contributed by atoms with Gasteiger partial charge in [-0.3, -0.25) is 0 Å². The number of rotatable bonds is 9. The standard InChI is InChI=1S/C13H27N5/c1-5-8-11(9-6-2)12(14-7-3)10-13-15-17-18(4)16-13/h11-12,14H,5-10H2,1-4H3. The van der Waals surface area contributed by atoms with Crippen molar-refractivity contribution in [3.8, 4) is 0 Å². The molecule has 0 aliphatic rings. The topological polar surface area (TPSA) is 55.6 Å². The van der Waals surface area contributed by atoms with Crippen LogP contribution in [0.4, 0.5) is 0 Å². The normalized spacial score (nSPS) is 13.2. The van der Waals surface area contributed by atoms with E-state index in [9.17, 15) is 0 Å². The molecular weight excluding hydrogens is 226 g/mol. The zero-order chi connectivity index (χ0) is 13.4. The van der Waals surface area contributed by atoms with Crippen LogP contribution >= 0.6 is 0 Å². The number of aromatic nitrogens is 4. The molecule has 0 bridgehead atoms. The van der Waals surface area contributed by atoms with Crippen molar-refractivity contribution in [3.63, 3.8) is 0 Å². The average molecular weight is 253 g/mol. The third kappa shape index (κ3) is 4.72. The molecule has 0 aliphatic heterocycles. The van der Waals surface area contributed by atoms with Crippen LogP contribution in [0.15, 0.2) is 0 Å². The number of nitrogens with one attached hydrogen (secondary N) is 1. The van der Waals surface area contributed by atoms with Crippen molar-refractivity contribution in [2.24, 2.45) is 13.0 Å². The first-order chi connectivity index (χ1) is 8.71. The van der Waals surface area contributed by atoms with Crippen LogP contribution in [-0.2, 0) is 13.5 Å². The molecule has 1 aromatic heterocycles. The van der Waals surface area contributed by atoms with E-state index in [1.807, 2.05) is 7.05 Å². The molecule has 0 radical (unpaired) electrons. The van der Waals surface area contributed by atoms with Crippen molar-refractivity contribution in [3.05, 3.63) is 5.82 Å². The molecule has 5 nitrogen and oxygen atoms in total. The Morgan fingerprint density at radius 2 is 1.83 bits per heavy atom. The summed E-state index contributed by atoms with van der Waals surface area (Å²) in [7, 11) is 1.81. The van der Waals surface area contributed by atoms with Crippen LogP contribution in [-0.4, -0.2) is 32.8 Å². The largest absolute Gasteiger partial charge is 0.314 e. The molecule has 0 fully saturated rings. The molecule has 1 N–H and O–H groups in total. The van der Waals surface area contributed by atoms with E-state index in [0.717, 1.165) is 18.8 Å². The van der Waals surface area contributed by atoms with E-state index in [1.54, 1.807) is 0 Å². The number of nitrogens with zero attached hydrogens (tertiary/aromatic N) is 4. The maximum atomic E-state index is 4.29. The van der Waals surface area contributed by atoms with E-state index in [2.05, 4.69) is 41.5 Å². The van der Waals surface area contributed by atoms with Gasteiger partial charge in [0.2, 0.25) is 0 Å². The third-order valence-electron chi connectivity index (χ3n) is 3.31. The first kappa shape index (κ1) is 15.1. The van der Waals surface area contributed by atoms with Gasteiger partial charge in [0.1, 0.15) is 0 Å². The Morgan fingerprint density at radius 1 is 1.17 bits per heavy atom. The molecule has 1 atom stereocenters. The van der Waals surface area contributed by atoms with Gasteiger partial charge in [0, 0.05) is 12.5 Å². The molecule has 0 amide bonds. The summed E-state index contributed by atoms with van der Waals surface area (Å²) in [6.45, 7) is 7.67. The lowest BCUT2D eigenvalue weighted by Gasteiger charge is -2.26. The summed E-state index contributed by atoms with van der Waals surface area (Å²) >= 11 is 0. The number of tetrazole rings is 1. The Kier molecular flexibility index (Phi) is 6.86. The van der Waals surface area contributed by atoms with Gasteiger partial charge in [0.15, 0.2) is 5.82 Å². The van der Waals surface area contributed by atoms with Gasteiger partial charge in [-0.1, -0.05) is 33.6 Å². The summed E-state index contributed by atoms with van der Waals surface area (Å²) in [6, 6.07) is 0.471. The molecule has 0 spiro atoms. The molecule has 1 aromatic rings. The molecular formula is C13H27N5. The lowest BCUT2D eigenvalue weighted by atomic mass is 9.88. The van der Waals surface area contributed by atoms with Gasteiger partial charge in [-0.2, -0.15) is 4.80 Å². The van der Waals surface area contributed by atoms with Gasteiger partial charge in [0.25, 0.3) is 0 Å². The summed E-state index contributed by atoms with van der Waals surface area (Å²) in [6.07, 6.45) is 5.89. The summed E-state index contributed by atoms with van der Waals surface area (Å²) < 4.78 is 0. The Bertz CT molecular complexity index is 317. The fourth-order valence-corrected chi connectivity index (χ4v) is 2.56. The lowest BCUT2D eigenvalue weighted by molar-refractivity contribution is 0.309. The van der Waals surface area contributed by atoms with Crippen molar-refractivity contribution in [2.45, 2.75) is 58.9 Å². The molecule has 0 aliphatic carbocycles. The Labute approximate surface area is 110 Å². The number of hydrogen-bond donors (Lipinski definition) is 1. The average Bonchev–Trinajstić information content (AvgIpc) is 2.74.